The van der Waals surface area contributed by atoms with Crippen LogP contribution in [0.25, 0.3) is 21.5 Å². The fraction of sp³-hybridized carbons (Fsp3) is 0.660. The summed E-state index contributed by atoms with van der Waals surface area (Å²) in [6.07, 6.45) is 16.7. The maximum absolute atomic E-state index is 12.9. The average molecular weight is 765 g/mol. The standard InChI is InChI=1S/C47H72O8/c1-6-10-14-18-26-44(48)54-38(33-50-30-22-16-12-8-3)35-52-46-40-24-20-21-25-41(40)47(43-32-37(5)28-29-42(43)46)53-36-39(34-51-31-23-17-13-9-4)55-45(49)27-19-15-11-7-2/h20-21,24-25,28-29,32,38-39H,6-19,22-23,26-27,30-31,33-36H2,1-5H3. The Labute approximate surface area is 332 Å². The van der Waals surface area contributed by atoms with Crippen LogP contribution < -0.4 is 9.47 Å². The normalized spacial score (nSPS) is 12.5. The van der Waals surface area contributed by atoms with Crippen LogP contribution in [-0.4, -0.2) is 63.8 Å². The van der Waals surface area contributed by atoms with Crippen molar-refractivity contribution in [1.82, 2.24) is 0 Å². The second-order valence-electron chi connectivity index (χ2n) is 15.0. The highest BCUT2D eigenvalue weighted by atomic mass is 16.6. The number of esters is 2. The van der Waals surface area contributed by atoms with E-state index >= 15 is 0 Å². The minimum atomic E-state index is -0.543. The number of ether oxygens (including phenoxy) is 6. The highest BCUT2D eigenvalue weighted by Crippen LogP contribution is 2.43. The van der Waals surface area contributed by atoms with E-state index < -0.39 is 12.2 Å². The van der Waals surface area contributed by atoms with Gasteiger partial charge in [-0.3, -0.25) is 9.59 Å². The molecular weight excluding hydrogens is 693 g/mol. The largest absolute Gasteiger partial charge is 0.488 e. The van der Waals surface area contributed by atoms with Crippen LogP contribution >= 0.6 is 0 Å². The van der Waals surface area contributed by atoms with E-state index in [1.165, 1.54) is 12.8 Å². The quantitative estimate of drug-likeness (QED) is 0.0353. The summed E-state index contributed by atoms with van der Waals surface area (Å²) in [5.41, 5.74) is 1.08. The Kier molecular flexibility index (Phi) is 23.5. The topological polar surface area (TPSA) is 89.5 Å². The maximum atomic E-state index is 12.9. The van der Waals surface area contributed by atoms with E-state index in [9.17, 15) is 9.59 Å². The first-order valence-corrected chi connectivity index (χ1v) is 21.7. The van der Waals surface area contributed by atoms with Gasteiger partial charge in [-0.25, -0.2) is 0 Å². The van der Waals surface area contributed by atoms with Crippen molar-refractivity contribution < 1.29 is 38.0 Å². The Morgan fingerprint density at radius 1 is 0.491 bits per heavy atom. The number of unbranched alkanes of at least 4 members (excludes halogenated alkanes) is 12. The predicted molar refractivity (Wildman–Crippen MR) is 224 cm³/mol. The summed E-state index contributed by atoms with van der Waals surface area (Å²) in [6.45, 7) is 12.9. The number of rotatable bonds is 32. The predicted octanol–water partition coefficient (Wildman–Crippen LogP) is 12.0. The van der Waals surface area contributed by atoms with E-state index in [2.05, 4.69) is 52.8 Å². The zero-order valence-corrected chi connectivity index (χ0v) is 34.9. The first-order valence-electron chi connectivity index (χ1n) is 21.7. The fourth-order valence-corrected chi connectivity index (χ4v) is 6.68. The lowest BCUT2D eigenvalue weighted by atomic mass is 9.99. The number of fused-ring (bicyclic) bond motifs is 2. The second-order valence-corrected chi connectivity index (χ2v) is 15.0. The molecule has 0 radical (unpaired) electrons. The van der Waals surface area contributed by atoms with Crippen LogP contribution in [0.4, 0.5) is 0 Å². The van der Waals surface area contributed by atoms with Gasteiger partial charge in [0.15, 0.2) is 12.2 Å². The smallest absolute Gasteiger partial charge is 0.306 e. The zero-order chi connectivity index (χ0) is 39.5. The van der Waals surface area contributed by atoms with Crippen LogP contribution in [-0.2, 0) is 28.5 Å². The van der Waals surface area contributed by atoms with Crippen LogP contribution in [0, 0.1) is 6.92 Å². The van der Waals surface area contributed by atoms with Crippen LogP contribution in [0.15, 0.2) is 42.5 Å². The molecular formula is C47H72O8. The van der Waals surface area contributed by atoms with Crippen molar-refractivity contribution in [2.24, 2.45) is 0 Å². The summed E-state index contributed by atoms with van der Waals surface area (Å²) in [5, 5.41) is 3.56. The monoisotopic (exact) mass is 765 g/mol. The molecule has 0 bridgehead atoms. The van der Waals surface area contributed by atoms with Gasteiger partial charge in [0.05, 0.1) is 13.2 Å². The molecule has 3 aromatic carbocycles. The summed E-state index contributed by atoms with van der Waals surface area (Å²) in [5.74, 6) is 0.985. The molecule has 0 saturated carbocycles. The molecule has 0 fully saturated rings. The van der Waals surface area contributed by atoms with Crippen molar-refractivity contribution in [3.63, 3.8) is 0 Å². The van der Waals surface area contributed by atoms with Crippen molar-refractivity contribution >= 4 is 33.5 Å². The molecule has 3 aromatic rings. The van der Waals surface area contributed by atoms with E-state index in [-0.39, 0.29) is 38.4 Å². The Hall–Kier alpha value is -3.36. The average Bonchev–Trinajstić information content (AvgIpc) is 3.18. The van der Waals surface area contributed by atoms with E-state index in [1.807, 2.05) is 24.3 Å². The van der Waals surface area contributed by atoms with Crippen LogP contribution in [0.3, 0.4) is 0 Å². The first kappa shape index (κ1) is 46.0. The van der Waals surface area contributed by atoms with Gasteiger partial charge in [-0.2, -0.15) is 0 Å². The molecule has 2 atom stereocenters. The molecule has 0 aromatic heterocycles. The molecule has 2 unspecified atom stereocenters. The van der Waals surface area contributed by atoms with Gasteiger partial charge in [0.2, 0.25) is 0 Å². The third-order valence-corrected chi connectivity index (χ3v) is 9.86. The van der Waals surface area contributed by atoms with E-state index in [1.54, 1.807) is 0 Å². The fourth-order valence-electron chi connectivity index (χ4n) is 6.68. The lowest BCUT2D eigenvalue weighted by molar-refractivity contribution is -0.155. The lowest BCUT2D eigenvalue weighted by Gasteiger charge is -2.23. The summed E-state index contributed by atoms with van der Waals surface area (Å²) in [6, 6.07) is 14.3. The molecule has 0 aliphatic heterocycles. The number of hydrogen-bond donors (Lipinski definition) is 0. The molecule has 308 valence electrons. The summed E-state index contributed by atoms with van der Waals surface area (Å²) < 4.78 is 37.3. The molecule has 0 aliphatic carbocycles. The first-order chi connectivity index (χ1) is 26.9. The minimum absolute atomic E-state index is 0.161. The Bertz CT molecular complexity index is 1500. The van der Waals surface area contributed by atoms with E-state index in [4.69, 9.17) is 28.4 Å². The van der Waals surface area contributed by atoms with Gasteiger partial charge < -0.3 is 28.4 Å². The summed E-state index contributed by atoms with van der Waals surface area (Å²) >= 11 is 0. The summed E-state index contributed by atoms with van der Waals surface area (Å²) in [4.78, 5) is 25.8. The van der Waals surface area contributed by atoms with Crippen molar-refractivity contribution in [3.8, 4) is 11.5 Å². The number of benzene rings is 3. The molecule has 0 N–H and O–H groups in total. The van der Waals surface area contributed by atoms with Crippen LogP contribution in [0.5, 0.6) is 11.5 Å². The number of carbonyl (C=O) groups excluding carboxylic acids is 2. The number of hydrogen-bond acceptors (Lipinski definition) is 8. The van der Waals surface area contributed by atoms with Crippen molar-refractivity contribution in [3.05, 3.63) is 48.0 Å². The van der Waals surface area contributed by atoms with E-state index in [0.29, 0.717) is 37.6 Å². The van der Waals surface area contributed by atoms with Crippen molar-refractivity contribution in [2.75, 3.05) is 39.6 Å². The highest BCUT2D eigenvalue weighted by molar-refractivity contribution is 6.11. The lowest BCUT2D eigenvalue weighted by Crippen LogP contribution is -2.30. The molecule has 0 aliphatic rings. The van der Waals surface area contributed by atoms with Gasteiger partial charge in [0.1, 0.15) is 24.7 Å². The van der Waals surface area contributed by atoms with Gasteiger partial charge in [-0.15, -0.1) is 0 Å². The number of aryl methyl sites for hydroxylation is 1. The second kappa shape index (κ2) is 28.1. The molecule has 8 nitrogen and oxygen atoms in total. The van der Waals surface area contributed by atoms with Gasteiger partial charge >= 0.3 is 11.9 Å². The highest BCUT2D eigenvalue weighted by Gasteiger charge is 2.22. The Morgan fingerprint density at radius 2 is 0.909 bits per heavy atom. The molecule has 55 heavy (non-hydrogen) atoms. The minimum Gasteiger partial charge on any atom is -0.488 e. The molecule has 3 rings (SSSR count). The molecule has 8 heteroatoms. The molecule has 0 spiro atoms. The van der Waals surface area contributed by atoms with Gasteiger partial charge in [0, 0.05) is 47.6 Å². The third kappa shape index (κ3) is 17.5. The summed E-state index contributed by atoms with van der Waals surface area (Å²) in [7, 11) is 0. The van der Waals surface area contributed by atoms with Crippen molar-refractivity contribution in [1.29, 1.82) is 0 Å². The van der Waals surface area contributed by atoms with Crippen LogP contribution in [0.2, 0.25) is 0 Å². The van der Waals surface area contributed by atoms with Gasteiger partial charge in [0.25, 0.3) is 0 Å². The van der Waals surface area contributed by atoms with Crippen molar-refractivity contribution in [2.45, 2.75) is 162 Å². The van der Waals surface area contributed by atoms with Crippen LogP contribution in [0.1, 0.15) is 149 Å². The Morgan fingerprint density at radius 3 is 1.36 bits per heavy atom. The molecule has 0 amide bonds. The number of carbonyl (C=O) groups is 2. The van der Waals surface area contributed by atoms with E-state index in [0.717, 1.165) is 117 Å². The van der Waals surface area contributed by atoms with Gasteiger partial charge in [-0.1, -0.05) is 147 Å². The van der Waals surface area contributed by atoms with Gasteiger partial charge in [-0.05, 0) is 38.7 Å². The zero-order valence-electron chi connectivity index (χ0n) is 34.9. The molecule has 0 saturated heterocycles. The maximum Gasteiger partial charge on any atom is 0.306 e. The Balaban J connectivity index is 1.85. The SMILES string of the molecule is CCCCCCOCC(COc1c2ccccc2c(OCC(COCCCCCC)OC(=O)CCCCCC)c2cc(C)ccc12)OC(=O)CCCCCC. The molecule has 0 heterocycles. The third-order valence-electron chi connectivity index (χ3n) is 9.86.